The third kappa shape index (κ3) is 1.90. The summed E-state index contributed by atoms with van der Waals surface area (Å²) in [7, 11) is 0. The molecule has 0 aliphatic carbocycles. The quantitative estimate of drug-likeness (QED) is 0.508. The van der Waals surface area contributed by atoms with Crippen molar-refractivity contribution in [1.82, 2.24) is 10.4 Å². The van der Waals surface area contributed by atoms with Crippen LogP contribution in [0.15, 0.2) is 11.8 Å². The van der Waals surface area contributed by atoms with Crippen LogP contribution in [0.1, 0.15) is 13.3 Å². The molecule has 0 aromatic rings. The molecule has 86 valence electrons. The van der Waals surface area contributed by atoms with E-state index in [1.165, 1.54) is 11.8 Å². The number of carbonyl (C=O) groups excluding carboxylic acids is 3. The predicted molar refractivity (Wildman–Crippen MR) is 55.7 cm³/mol. The van der Waals surface area contributed by atoms with Crippen molar-refractivity contribution in [3.63, 3.8) is 0 Å². The number of nitrogens with one attached hydrogen (secondary N) is 1. The van der Waals surface area contributed by atoms with Crippen LogP contribution in [0.4, 0.5) is 0 Å². The average molecular weight is 242 g/mol. The SMILES string of the molecule is CC(=O)NOC(=O)C1=CCS[C@@H]2CC(=O)N12. The number of nitrogens with zero attached hydrogens (tertiary/aromatic N) is 1. The van der Waals surface area contributed by atoms with Crippen molar-refractivity contribution in [2.24, 2.45) is 0 Å². The lowest BCUT2D eigenvalue weighted by molar-refractivity contribution is -0.158. The maximum absolute atomic E-state index is 11.5. The van der Waals surface area contributed by atoms with Crippen molar-refractivity contribution in [2.75, 3.05) is 5.75 Å². The minimum Gasteiger partial charge on any atom is -0.334 e. The van der Waals surface area contributed by atoms with Gasteiger partial charge in [-0.2, -0.15) is 5.48 Å². The summed E-state index contributed by atoms with van der Waals surface area (Å²) in [5.74, 6) is -0.596. The molecule has 0 unspecified atom stereocenters. The Morgan fingerprint density at radius 2 is 2.38 bits per heavy atom. The molecule has 2 aliphatic rings. The number of hydrogen-bond donors (Lipinski definition) is 1. The van der Waals surface area contributed by atoms with Crippen LogP contribution >= 0.6 is 11.8 Å². The van der Waals surface area contributed by atoms with Gasteiger partial charge in [-0.1, -0.05) is 0 Å². The Balaban J connectivity index is 2.02. The summed E-state index contributed by atoms with van der Waals surface area (Å²) < 4.78 is 0. The van der Waals surface area contributed by atoms with Gasteiger partial charge in [0.15, 0.2) is 0 Å². The van der Waals surface area contributed by atoms with E-state index in [0.29, 0.717) is 12.2 Å². The molecule has 7 heteroatoms. The third-order valence-electron chi connectivity index (χ3n) is 2.23. The number of thioether (sulfide) groups is 1. The summed E-state index contributed by atoms with van der Waals surface area (Å²) in [6.45, 7) is 1.23. The van der Waals surface area contributed by atoms with Crippen LogP contribution in [-0.4, -0.2) is 33.8 Å². The number of amides is 2. The molecule has 2 amide bonds. The molecular formula is C9H10N2O4S. The van der Waals surface area contributed by atoms with Gasteiger partial charge >= 0.3 is 5.97 Å². The molecule has 2 aliphatic heterocycles. The fourth-order valence-electron chi connectivity index (χ4n) is 1.50. The maximum atomic E-state index is 11.5. The van der Waals surface area contributed by atoms with Gasteiger partial charge in [-0.25, -0.2) is 4.79 Å². The molecule has 2 rings (SSSR count). The molecule has 0 radical (unpaired) electrons. The molecule has 0 saturated carbocycles. The molecule has 0 bridgehead atoms. The van der Waals surface area contributed by atoms with Gasteiger partial charge in [0, 0.05) is 12.7 Å². The molecular weight excluding hydrogens is 232 g/mol. The average Bonchev–Trinajstić information content (AvgIpc) is 2.23. The lowest BCUT2D eigenvalue weighted by Crippen LogP contribution is -2.53. The van der Waals surface area contributed by atoms with Crippen molar-refractivity contribution >= 4 is 29.5 Å². The normalized spacial score (nSPS) is 22.8. The number of rotatable bonds is 1. The third-order valence-corrected chi connectivity index (χ3v) is 3.35. The summed E-state index contributed by atoms with van der Waals surface area (Å²) in [6.07, 6.45) is 2.08. The first-order chi connectivity index (χ1) is 7.59. The Hall–Kier alpha value is -1.50. The predicted octanol–water partition coefficient (Wildman–Crippen LogP) is -0.230. The monoisotopic (exact) mass is 242 g/mol. The van der Waals surface area contributed by atoms with Gasteiger partial charge in [-0.05, 0) is 6.08 Å². The van der Waals surface area contributed by atoms with E-state index in [0.717, 1.165) is 0 Å². The van der Waals surface area contributed by atoms with E-state index in [9.17, 15) is 14.4 Å². The Labute approximate surface area is 95.9 Å². The zero-order valence-corrected chi connectivity index (χ0v) is 9.37. The molecule has 1 atom stereocenters. The van der Waals surface area contributed by atoms with Crippen LogP contribution < -0.4 is 5.48 Å². The van der Waals surface area contributed by atoms with Crippen molar-refractivity contribution in [3.05, 3.63) is 11.8 Å². The molecule has 0 aromatic carbocycles. The Bertz CT molecular complexity index is 393. The highest BCUT2D eigenvalue weighted by molar-refractivity contribution is 8.00. The Kier molecular flexibility index (Phi) is 2.86. The van der Waals surface area contributed by atoms with Gasteiger partial charge < -0.3 is 4.84 Å². The highest BCUT2D eigenvalue weighted by atomic mass is 32.2. The van der Waals surface area contributed by atoms with E-state index in [-0.39, 0.29) is 17.0 Å². The second kappa shape index (κ2) is 4.17. The lowest BCUT2D eigenvalue weighted by atomic mass is 10.1. The van der Waals surface area contributed by atoms with Gasteiger partial charge in [-0.3, -0.25) is 14.5 Å². The van der Waals surface area contributed by atoms with Gasteiger partial charge in [0.25, 0.3) is 0 Å². The number of fused-ring (bicyclic) bond motifs is 1. The van der Waals surface area contributed by atoms with Gasteiger partial charge in [0.05, 0.1) is 11.8 Å². The first-order valence-electron chi connectivity index (χ1n) is 4.71. The van der Waals surface area contributed by atoms with Crippen LogP contribution in [0, 0.1) is 0 Å². The van der Waals surface area contributed by atoms with Crippen molar-refractivity contribution in [2.45, 2.75) is 18.7 Å². The second-order valence-electron chi connectivity index (χ2n) is 3.39. The minimum atomic E-state index is -0.700. The van der Waals surface area contributed by atoms with Gasteiger partial charge in [0.2, 0.25) is 11.8 Å². The van der Waals surface area contributed by atoms with E-state index in [1.807, 2.05) is 5.48 Å². The second-order valence-corrected chi connectivity index (χ2v) is 4.60. The lowest BCUT2D eigenvalue weighted by Gasteiger charge is -2.42. The van der Waals surface area contributed by atoms with E-state index in [1.54, 1.807) is 17.8 Å². The standard InChI is InChI=1S/C9H10N2O4S/c1-5(12)10-15-9(14)6-2-3-16-8-4-7(13)11(6)8/h2,8H,3-4H2,1H3,(H,10,12)/t8-/m1/s1. The highest BCUT2D eigenvalue weighted by Crippen LogP contribution is 2.36. The summed E-state index contributed by atoms with van der Waals surface area (Å²) >= 11 is 1.60. The zero-order chi connectivity index (χ0) is 11.7. The number of β-lactam (4-membered cyclic amide) rings is 1. The van der Waals surface area contributed by atoms with Crippen molar-refractivity contribution < 1.29 is 19.2 Å². The van der Waals surface area contributed by atoms with E-state index in [2.05, 4.69) is 4.84 Å². The molecule has 1 fully saturated rings. The fourth-order valence-corrected chi connectivity index (χ4v) is 2.62. The van der Waals surface area contributed by atoms with Gasteiger partial charge in [0.1, 0.15) is 5.70 Å². The van der Waals surface area contributed by atoms with E-state index < -0.39 is 11.9 Å². The fraction of sp³-hybridized carbons (Fsp3) is 0.444. The van der Waals surface area contributed by atoms with Gasteiger partial charge in [-0.15, -0.1) is 11.8 Å². The molecule has 1 saturated heterocycles. The first kappa shape index (κ1) is 11.0. The largest absolute Gasteiger partial charge is 0.379 e. The maximum Gasteiger partial charge on any atom is 0.379 e. The van der Waals surface area contributed by atoms with Crippen LogP contribution in [0.5, 0.6) is 0 Å². The molecule has 1 N–H and O–H groups in total. The van der Waals surface area contributed by atoms with Crippen molar-refractivity contribution in [1.29, 1.82) is 0 Å². The molecule has 16 heavy (non-hydrogen) atoms. The molecule has 6 nitrogen and oxygen atoms in total. The molecule has 2 heterocycles. The Morgan fingerprint density at radius 3 is 3.00 bits per heavy atom. The number of carbonyl (C=O) groups is 3. The smallest absolute Gasteiger partial charge is 0.334 e. The molecule has 0 spiro atoms. The topological polar surface area (TPSA) is 75.7 Å². The summed E-state index contributed by atoms with van der Waals surface area (Å²) in [5.41, 5.74) is 2.16. The van der Waals surface area contributed by atoms with Crippen LogP contribution in [0.25, 0.3) is 0 Å². The van der Waals surface area contributed by atoms with Crippen LogP contribution in [0.2, 0.25) is 0 Å². The number of hydrogen-bond acceptors (Lipinski definition) is 5. The van der Waals surface area contributed by atoms with E-state index in [4.69, 9.17) is 0 Å². The summed E-state index contributed by atoms with van der Waals surface area (Å²) in [6, 6.07) is 0. The van der Waals surface area contributed by atoms with Crippen LogP contribution in [-0.2, 0) is 19.2 Å². The summed E-state index contributed by atoms with van der Waals surface area (Å²) in [4.78, 5) is 39.3. The zero-order valence-electron chi connectivity index (χ0n) is 8.56. The Morgan fingerprint density at radius 1 is 1.62 bits per heavy atom. The highest BCUT2D eigenvalue weighted by Gasteiger charge is 2.43. The number of hydroxylamine groups is 1. The van der Waals surface area contributed by atoms with Crippen LogP contribution in [0.3, 0.4) is 0 Å². The van der Waals surface area contributed by atoms with Crippen molar-refractivity contribution in [3.8, 4) is 0 Å². The first-order valence-corrected chi connectivity index (χ1v) is 5.76. The minimum absolute atomic E-state index is 0.0392. The summed E-state index contributed by atoms with van der Waals surface area (Å²) in [5, 5.41) is 0.0392. The van der Waals surface area contributed by atoms with E-state index >= 15 is 0 Å². The molecule has 0 aromatic heterocycles.